The monoisotopic (exact) mass is 479 g/mol. The molecule has 2 aromatic rings. The highest BCUT2D eigenvalue weighted by molar-refractivity contribution is 8.15. The first-order valence-electron chi connectivity index (χ1n) is 9.93. The van der Waals surface area contributed by atoms with Gasteiger partial charge in [0.25, 0.3) is 0 Å². The maximum atomic E-state index is 13.0. The minimum Gasteiger partial charge on any atom is -0.382 e. The fourth-order valence-electron chi connectivity index (χ4n) is 2.98. The third-order valence-corrected chi connectivity index (χ3v) is 6.47. The number of amides is 2. The van der Waals surface area contributed by atoms with Gasteiger partial charge in [-0.15, -0.1) is 0 Å². The van der Waals surface area contributed by atoms with Crippen LogP contribution in [0.4, 0.5) is 11.4 Å². The van der Waals surface area contributed by atoms with Crippen molar-refractivity contribution in [3.63, 3.8) is 0 Å². The Labute approximate surface area is 196 Å². The third kappa shape index (κ3) is 6.46. The van der Waals surface area contributed by atoms with Crippen LogP contribution in [0.1, 0.15) is 19.8 Å². The Morgan fingerprint density at radius 3 is 2.71 bits per heavy atom. The molecule has 1 atom stereocenters. The normalized spacial score (nSPS) is 17.4. The SMILES string of the molecule is CCOCCCN1C(=O)C(CC(=O)Nc2cccc(Cl)c2Cl)SC1=Nc1ccccc1. The Balaban J connectivity index is 1.71. The van der Waals surface area contributed by atoms with E-state index in [4.69, 9.17) is 27.9 Å². The third-order valence-electron chi connectivity index (χ3n) is 4.47. The number of halogens is 2. The summed E-state index contributed by atoms with van der Waals surface area (Å²) in [5.74, 6) is -0.450. The fraction of sp³-hybridized carbons (Fsp3) is 0.318. The molecule has 1 saturated heterocycles. The molecule has 1 unspecified atom stereocenters. The van der Waals surface area contributed by atoms with Crippen molar-refractivity contribution in [2.24, 2.45) is 4.99 Å². The van der Waals surface area contributed by atoms with Gasteiger partial charge >= 0.3 is 0 Å². The van der Waals surface area contributed by atoms with Crippen LogP contribution in [0.2, 0.25) is 10.0 Å². The van der Waals surface area contributed by atoms with E-state index in [1.165, 1.54) is 11.8 Å². The van der Waals surface area contributed by atoms with Crippen molar-refractivity contribution in [1.29, 1.82) is 0 Å². The minimum absolute atomic E-state index is 0.00210. The summed E-state index contributed by atoms with van der Waals surface area (Å²) in [7, 11) is 0. The lowest BCUT2D eigenvalue weighted by Gasteiger charge is -2.16. The standard InChI is InChI=1S/C22H23Cl2N3O3S/c1-2-30-13-7-12-27-21(29)18(31-22(27)25-15-8-4-3-5-9-15)14-19(28)26-17-11-6-10-16(23)20(17)24/h3-6,8-11,18H,2,7,12-14H2,1H3,(H,26,28). The number of amidine groups is 1. The molecule has 1 fully saturated rings. The molecule has 3 rings (SSSR count). The van der Waals surface area contributed by atoms with Crippen molar-refractivity contribution in [2.75, 3.05) is 25.1 Å². The lowest BCUT2D eigenvalue weighted by atomic mass is 10.2. The van der Waals surface area contributed by atoms with E-state index in [2.05, 4.69) is 10.3 Å². The number of benzene rings is 2. The molecule has 2 aromatic carbocycles. The molecule has 164 valence electrons. The molecule has 0 aliphatic carbocycles. The van der Waals surface area contributed by atoms with E-state index in [0.29, 0.717) is 42.1 Å². The number of hydrogen-bond donors (Lipinski definition) is 1. The number of ether oxygens (including phenoxy) is 1. The zero-order chi connectivity index (χ0) is 22.2. The maximum absolute atomic E-state index is 13.0. The highest BCUT2D eigenvalue weighted by Crippen LogP contribution is 2.33. The van der Waals surface area contributed by atoms with Crippen LogP contribution in [0.25, 0.3) is 0 Å². The number of carbonyl (C=O) groups is 2. The van der Waals surface area contributed by atoms with Gasteiger partial charge in [-0.1, -0.05) is 59.2 Å². The van der Waals surface area contributed by atoms with Crippen molar-refractivity contribution in [3.8, 4) is 0 Å². The number of thioether (sulfide) groups is 1. The molecule has 0 saturated carbocycles. The summed E-state index contributed by atoms with van der Waals surface area (Å²) in [5.41, 5.74) is 1.17. The molecule has 31 heavy (non-hydrogen) atoms. The molecule has 1 aliphatic rings. The van der Waals surface area contributed by atoms with Crippen molar-refractivity contribution in [2.45, 2.75) is 25.0 Å². The average molecular weight is 480 g/mol. The van der Waals surface area contributed by atoms with E-state index in [0.717, 1.165) is 5.69 Å². The van der Waals surface area contributed by atoms with Gasteiger partial charge < -0.3 is 10.1 Å². The molecule has 2 amide bonds. The molecule has 9 heteroatoms. The second-order valence-electron chi connectivity index (χ2n) is 6.73. The molecule has 0 spiro atoms. The summed E-state index contributed by atoms with van der Waals surface area (Å²) < 4.78 is 5.39. The first-order valence-corrected chi connectivity index (χ1v) is 11.6. The second kappa shape index (κ2) is 11.5. The number of nitrogens with zero attached hydrogens (tertiary/aromatic N) is 2. The van der Waals surface area contributed by atoms with Gasteiger partial charge in [0.15, 0.2) is 5.17 Å². The van der Waals surface area contributed by atoms with Gasteiger partial charge in [0.1, 0.15) is 5.25 Å². The summed E-state index contributed by atoms with van der Waals surface area (Å²) in [6, 6.07) is 14.4. The first-order chi connectivity index (χ1) is 15.0. The highest BCUT2D eigenvalue weighted by Gasteiger charge is 2.39. The number of hydrogen-bond acceptors (Lipinski definition) is 5. The zero-order valence-corrected chi connectivity index (χ0v) is 19.3. The van der Waals surface area contributed by atoms with E-state index in [9.17, 15) is 9.59 Å². The Kier molecular flexibility index (Phi) is 8.78. The van der Waals surface area contributed by atoms with E-state index < -0.39 is 5.25 Å². The van der Waals surface area contributed by atoms with Gasteiger partial charge in [0.05, 0.1) is 21.4 Å². The van der Waals surface area contributed by atoms with Crippen LogP contribution in [0.3, 0.4) is 0 Å². The summed E-state index contributed by atoms with van der Waals surface area (Å²) in [4.78, 5) is 31.9. The number of carbonyl (C=O) groups excluding carboxylic acids is 2. The van der Waals surface area contributed by atoms with Crippen LogP contribution in [-0.4, -0.2) is 46.9 Å². The van der Waals surface area contributed by atoms with E-state index in [1.807, 2.05) is 37.3 Å². The molecular weight excluding hydrogens is 457 g/mol. The van der Waals surface area contributed by atoms with Crippen molar-refractivity contribution in [1.82, 2.24) is 4.90 Å². The molecule has 0 bridgehead atoms. The van der Waals surface area contributed by atoms with Crippen LogP contribution in [0.15, 0.2) is 53.5 Å². The van der Waals surface area contributed by atoms with Gasteiger partial charge in [-0.25, -0.2) is 4.99 Å². The number of anilines is 1. The fourth-order valence-corrected chi connectivity index (χ4v) is 4.51. The Morgan fingerprint density at radius 2 is 1.97 bits per heavy atom. The predicted molar refractivity (Wildman–Crippen MR) is 127 cm³/mol. The molecule has 1 N–H and O–H groups in total. The van der Waals surface area contributed by atoms with E-state index >= 15 is 0 Å². The van der Waals surface area contributed by atoms with Gasteiger partial charge in [-0.3, -0.25) is 14.5 Å². The summed E-state index contributed by atoms with van der Waals surface area (Å²) in [6.45, 7) is 3.60. The second-order valence-corrected chi connectivity index (χ2v) is 8.69. The molecule has 0 aromatic heterocycles. The zero-order valence-electron chi connectivity index (χ0n) is 17.0. The van der Waals surface area contributed by atoms with Gasteiger partial charge in [-0.2, -0.15) is 0 Å². The molecule has 0 radical (unpaired) electrons. The minimum atomic E-state index is -0.562. The lowest BCUT2D eigenvalue weighted by Crippen LogP contribution is -2.34. The van der Waals surface area contributed by atoms with Gasteiger partial charge in [0.2, 0.25) is 11.8 Å². The number of aliphatic imine (C=N–C) groups is 1. The van der Waals surface area contributed by atoms with E-state index in [1.54, 1.807) is 23.1 Å². The van der Waals surface area contributed by atoms with Crippen LogP contribution in [-0.2, 0) is 14.3 Å². The van der Waals surface area contributed by atoms with Crippen molar-refractivity contribution >= 4 is 63.3 Å². The predicted octanol–water partition coefficient (Wildman–Crippen LogP) is 5.38. The van der Waals surface area contributed by atoms with Crippen LogP contribution < -0.4 is 5.32 Å². The number of nitrogens with one attached hydrogen (secondary N) is 1. The maximum Gasteiger partial charge on any atom is 0.242 e. The Morgan fingerprint density at radius 1 is 1.19 bits per heavy atom. The number of para-hydroxylation sites is 1. The summed E-state index contributed by atoms with van der Waals surface area (Å²) in [6.07, 6.45) is 0.688. The van der Waals surface area contributed by atoms with Crippen LogP contribution in [0.5, 0.6) is 0 Å². The van der Waals surface area contributed by atoms with E-state index in [-0.39, 0.29) is 23.3 Å². The first kappa shape index (κ1) is 23.6. The molecule has 1 heterocycles. The molecular formula is C22H23Cl2N3O3S. The highest BCUT2D eigenvalue weighted by atomic mass is 35.5. The van der Waals surface area contributed by atoms with Crippen LogP contribution >= 0.6 is 35.0 Å². The smallest absolute Gasteiger partial charge is 0.242 e. The molecule has 6 nitrogen and oxygen atoms in total. The Hall–Kier alpha value is -2.06. The largest absolute Gasteiger partial charge is 0.382 e. The summed E-state index contributed by atoms with van der Waals surface area (Å²) in [5, 5.41) is 3.39. The van der Waals surface area contributed by atoms with Gasteiger partial charge in [0, 0.05) is 26.2 Å². The van der Waals surface area contributed by atoms with Gasteiger partial charge in [-0.05, 0) is 37.6 Å². The lowest BCUT2D eigenvalue weighted by molar-refractivity contribution is -0.128. The number of rotatable bonds is 9. The Bertz CT molecular complexity index is 956. The summed E-state index contributed by atoms with van der Waals surface area (Å²) >= 11 is 13.4. The van der Waals surface area contributed by atoms with Crippen LogP contribution in [0, 0.1) is 0 Å². The van der Waals surface area contributed by atoms with Crippen molar-refractivity contribution < 1.29 is 14.3 Å². The van der Waals surface area contributed by atoms with Crippen molar-refractivity contribution in [3.05, 3.63) is 58.6 Å². The quantitative estimate of drug-likeness (QED) is 0.490. The topological polar surface area (TPSA) is 71.0 Å². The molecule has 1 aliphatic heterocycles. The average Bonchev–Trinajstić information content (AvgIpc) is 3.03.